The van der Waals surface area contributed by atoms with Gasteiger partial charge in [0.15, 0.2) is 6.10 Å². The number of sulfonamides is 2. The maximum absolute atomic E-state index is 13.5. The predicted octanol–water partition coefficient (Wildman–Crippen LogP) is 3.67. The van der Waals surface area contributed by atoms with Gasteiger partial charge in [0.05, 0.1) is 28.6 Å². The summed E-state index contributed by atoms with van der Waals surface area (Å²) in [4.78, 5) is 13.3. The molecule has 0 unspecified atom stereocenters. The Morgan fingerprint density at radius 2 is 1.59 bits per heavy atom. The number of ether oxygens (including phenoxy) is 2. The normalized spacial score (nSPS) is 17.8. The first-order chi connectivity index (χ1) is 19.7. The van der Waals surface area contributed by atoms with Crippen molar-refractivity contribution < 1.29 is 31.1 Å². The fraction of sp³-hybridized carbons (Fsp3) is 0.321. The van der Waals surface area contributed by atoms with Gasteiger partial charge < -0.3 is 14.8 Å². The standard InChI is InChI=1S/C28H30ClN3O7S2/c29-21-9-14-26-25(19-21)32(41(36,37)23-7-3-1-4-8-23)20-27(39-26)28(33)30-15-18-38-22-10-12-24(13-11-22)40(34,35)31-16-5-2-6-17-31/h1,3-4,7-14,19,27H,2,5-6,15-18,20H2,(H,30,33)/t27-/m0/s1. The third kappa shape index (κ3) is 6.45. The second kappa shape index (κ2) is 12.3. The zero-order chi connectivity index (χ0) is 29.0. The number of fused-ring (bicyclic) bond motifs is 1. The van der Waals surface area contributed by atoms with Gasteiger partial charge in [0.2, 0.25) is 10.0 Å². The number of benzene rings is 3. The van der Waals surface area contributed by atoms with Gasteiger partial charge in [-0.05, 0) is 67.4 Å². The van der Waals surface area contributed by atoms with E-state index in [1.54, 1.807) is 36.4 Å². The van der Waals surface area contributed by atoms with E-state index in [2.05, 4.69) is 5.32 Å². The van der Waals surface area contributed by atoms with E-state index in [4.69, 9.17) is 21.1 Å². The van der Waals surface area contributed by atoms with E-state index in [1.165, 1.54) is 40.7 Å². The van der Waals surface area contributed by atoms with Crippen molar-refractivity contribution in [2.45, 2.75) is 35.2 Å². The molecule has 0 aliphatic carbocycles. The molecule has 0 saturated carbocycles. The molecule has 0 spiro atoms. The summed E-state index contributed by atoms with van der Waals surface area (Å²) in [5.41, 5.74) is 0.250. The highest BCUT2D eigenvalue weighted by atomic mass is 35.5. The second-order valence-corrected chi connectivity index (χ2v) is 13.9. The summed E-state index contributed by atoms with van der Waals surface area (Å²) in [7, 11) is -7.53. The Balaban J connectivity index is 1.19. The topological polar surface area (TPSA) is 122 Å². The molecule has 5 rings (SSSR count). The minimum absolute atomic E-state index is 0.0788. The van der Waals surface area contributed by atoms with Crippen LogP contribution in [-0.4, -0.2) is 65.9 Å². The zero-order valence-corrected chi connectivity index (χ0v) is 24.5. The van der Waals surface area contributed by atoms with Crippen molar-refractivity contribution in [1.82, 2.24) is 9.62 Å². The molecular weight excluding hydrogens is 590 g/mol. The number of carbonyl (C=O) groups excluding carboxylic acids is 1. The molecule has 1 atom stereocenters. The van der Waals surface area contributed by atoms with Crippen LogP contribution in [0.4, 0.5) is 5.69 Å². The smallest absolute Gasteiger partial charge is 0.264 e. The van der Waals surface area contributed by atoms with Crippen LogP contribution in [0.5, 0.6) is 11.5 Å². The highest BCUT2D eigenvalue weighted by molar-refractivity contribution is 7.92. The van der Waals surface area contributed by atoms with Crippen LogP contribution in [0.15, 0.2) is 82.6 Å². The Morgan fingerprint density at radius 3 is 2.29 bits per heavy atom. The van der Waals surface area contributed by atoms with Crippen LogP contribution in [-0.2, 0) is 24.8 Å². The van der Waals surface area contributed by atoms with E-state index in [0.717, 1.165) is 23.6 Å². The fourth-order valence-corrected chi connectivity index (χ4v) is 7.90. The summed E-state index contributed by atoms with van der Waals surface area (Å²) < 4.78 is 66.7. The lowest BCUT2D eigenvalue weighted by Crippen LogP contribution is -2.51. The largest absolute Gasteiger partial charge is 0.492 e. The van der Waals surface area contributed by atoms with E-state index in [0.29, 0.717) is 23.9 Å². The quantitative estimate of drug-likeness (QED) is 0.363. The van der Waals surface area contributed by atoms with E-state index in [9.17, 15) is 21.6 Å². The number of nitrogens with one attached hydrogen (secondary N) is 1. The highest BCUT2D eigenvalue weighted by Gasteiger charge is 2.37. The molecular formula is C28H30ClN3O7S2. The first kappa shape index (κ1) is 29.2. The van der Waals surface area contributed by atoms with Crippen molar-refractivity contribution in [2.75, 3.05) is 37.1 Å². The predicted molar refractivity (Wildman–Crippen MR) is 154 cm³/mol. The van der Waals surface area contributed by atoms with Crippen molar-refractivity contribution in [3.05, 3.63) is 77.8 Å². The Labute approximate surface area is 244 Å². The first-order valence-corrected chi connectivity index (χ1v) is 16.5. The number of amides is 1. The summed E-state index contributed by atoms with van der Waals surface area (Å²) in [5, 5.41) is 3.05. The molecule has 2 aliphatic heterocycles. The SMILES string of the molecule is O=C(NCCOc1ccc(S(=O)(=O)N2CCCCC2)cc1)[C@@H]1CN(S(=O)(=O)c2ccccc2)c2cc(Cl)ccc2O1. The van der Waals surface area contributed by atoms with Crippen molar-refractivity contribution >= 4 is 43.2 Å². The van der Waals surface area contributed by atoms with Crippen LogP contribution < -0.4 is 19.1 Å². The average Bonchev–Trinajstić information content (AvgIpc) is 2.99. The molecule has 41 heavy (non-hydrogen) atoms. The minimum Gasteiger partial charge on any atom is -0.492 e. The Morgan fingerprint density at radius 1 is 0.902 bits per heavy atom. The zero-order valence-electron chi connectivity index (χ0n) is 22.1. The van der Waals surface area contributed by atoms with Gasteiger partial charge in [-0.15, -0.1) is 0 Å². The van der Waals surface area contributed by atoms with E-state index in [1.807, 2.05) is 0 Å². The van der Waals surface area contributed by atoms with Crippen LogP contribution in [0.2, 0.25) is 5.02 Å². The van der Waals surface area contributed by atoms with Gasteiger partial charge in [-0.1, -0.05) is 36.2 Å². The van der Waals surface area contributed by atoms with Gasteiger partial charge >= 0.3 is 0 Å². The molecule has 218 valence electrons. The monoisotopic (exact) mass is 619 g/mol. The third-order valence-corrected chi connectivity index (χ3v) is 10.8. The van der Waals surface area contributed by atoms with Crippen LogP contribution in [0.25, 0.3) is 0 Å². The molecule has 13 heteroatoms. The minimum atomic E-state index is -4.00. The van der Waals surface area contributed by atoms with Crippen molar-refractivity contribution in [1.29, 1.82) is 0 Å². The fourth-order valence-electron chi connectivity index (χ4n) is 4.73. The number of halogens is 1. The maximum Gasteiger partial charge on any atom is 0.264 e. The molecule has 10 nitrogen and oxygen atoms in total. The summed E-state index contributed by atoms with van der Waals surface area (Å²) in [6.45, 7) is 1.03. The lowest BCUT2D eigenvalue weighted by molar-refractivity contribution is -0.127. The summed E-state index contributed by atoms with van der Waals surface area (Å²) in [5.74, 6) is 0.165. The van der Waals surface area contributed by atoms with Crippen LogP contribution in [0, 0.1) is 0 Å². The Hall–Kier alpha value is -3.32. The number of nitrogens with zero attached hydrogens (tertiary/aromatic N) is 2. The Bertz CT molecular complexity index is 1600. The average molecular weight is 620 g/mol. The van der Waals surface area contributed by atoms with Crippen LogP contribution in [0.3, 0.4) is 0 Å². The number of anilines is 1. The second-order valence-electron chi connectivity index (χ2n) is 9.64. The van der Waals surface area contributed by atoms with Crippen LogP contribution >= 0.6 is 11.6 Å². The summed E-state index contributed by atoms with van der Waals surface area (Å²) in [6.07, 6.45) is 1.65. The molecule has 2 aliphatic rings. The molecule has 0 aromatic heterocycles. The first-order valence-electron chi connectivity index (χ1n) is 13.2. The van der Waals surface area contributed by atoms with Gasteiger partial charge in [-0.3, -0.25) is 9.10 Å². The molecule has 1 N–H and O–H groups in total. The lowest BCUT2D eigenvalue weighted by Gasteiger charge is -2.34. The van der Waals surface area contributed by atoms with Gasteiger partial charge in [0.1, 0.15) is 18.1 Å². The molecule has 0 bridgehead atoms. The maximum atomic E-state index is 13.5. The number of hydrogen-bond donors (Lipinski definition) is 1. The van der Waals surface area contributed by atoms with Gasteiger partial charge in [0, 0.05) is 18.1 Å². The van der Waals surface area contributed by atoms with Crippen molar-refractivity contribution in [2.24, 2.45) is 0 Å². The molecule has 1 fully saturated rings. The number of hydrogen-bond acceptors (Lipinski definition) is 7. The summed E-state index contributed by atoms with van der Waals surface area (Å²) >= 11 is 6.14. The third-order valence-electron chi connectivity index (χ3n) is 6.86. The molecule has 1 saturated heterocycles. The van der Waals surface area contributed by atoms with E-state index >= 15 is 0 Å². The molecule has 3 aromatic carbocycles. The number of rotatable bonds is 9. The summed E-state index contributed by atoms with van der Waals surface area (Å²) in [6, 6.07) is 18.7. The van der Waals surface area contributed by atoms with Crippen LogP contribution in [0.1, 0.15) is 19.3 Å². The number of carbonyl (C=O) groups is 1. The molecule has 0 radical (unpaired) electrons. The van der Waals surface area contributed by atoms with Gasteiger partial charge in [0.25, 0.3) is 15.9 Å². The Kier molecular flexibility index (Phi) is 8.74. The van der Waals surface area contributed by atoms with E-state index in [-0.39, 0.29) is 40.9 Å². The highest BCUT2D eigenvalue weighted by Crippen LogP contribution is 2.38. The van der Waals surface area contributed by atoms with Gasteiger partial charge in [-0.2, -0.15) is 4.31 Å². The van der Waals surface area contributed by atoms with E-state index < -0.39 is 32.1 Å². The number of piperidine rings is 1. The van der Waals surface area contributed by atoms with Crippen molar-refractivity contribution in [3.63, 3.8) is 0 Å². The lowest BCUT2D eigenvalue weighted by atomic mass is 10.2. The molecule has 2 heterocycles. The van der Waals surface area contributed by atoms with Crippen molar-refractivity contribution in [3.8, 4) is 11.5 Å². The molecule has 1 amide bonds. The van der Waals surface area contributed by atoms with Gasteiger partial charge in [-0.25, -0.2) is 16.8 Å². The molecule has 3 aromatic rings.